The molecular formula is C17H21F3N2O4. The SMILES string of the molecule is CC(C)Oc1ccccc1CNC(=O)N1C[C@@H](C(F)(F)F)[C@H](C(=O)O)C1. The van der Waals surface area contributed by atoms with Gasteiger partial charge in [-0.05, 0) is 19.9 Å². The molecule has 2 N–H and O–H groups in total. The Kier molecular flexibility index (Phi) is 5.99. The van der Waals surface area contributed by atoms with Gasteiger partial charge in [-0.15, -0.1) is 0 Å². The number of carbonyl (C=O) groups excluding carboxylic acids is 1. The number of benzene rings is 1. The Balaban J connectivity index is 2.02. The minimum Gasteiger partial charge on any atom is -0.491 e. The van der Waals surface area contributed by atoms with Crippen LogP contribution in [0.3, 0.4) is 0 Å². The average molecular weight is 374 g/mol. The van der Waals surface area contributed by atoms with E-state index in [1.807, 2.05) is 13.8 Å². The molecule has 144 valence electrons. The molecule has 1 fully saturated rings. The van der Waals surface area contributed by atoms with Crippen molar-refractivity contribution in [2.75, 3.05) is 13.1 Å². The van der Waals surface area contributed by atoms with Gasteiger partial charge in [0.15, 0.2) is 0 Å². The number of alkyl halides is 3. The third kappa shape index (κ3) is 4.80. The Hall–Kier alpha value is -2.45. The number of likely N-dealkylation sites (tertiary alicyclic amines) is 1. The Morgan fingerprint density at radius 3 is 2.50 bits per heavy atom. The molecule has 2 rings (SSSR count). The highest BCUT2D eigenvalue weighted by molar-refractivity contribution is 5.77. The van der Waals surface area contributed by atoms with Crippen molar-refractivity contribution in [1.82, 2.24) is 10.2 Å². The van der Waals surface area contributed by atoms with Gasteiger partial charge in [0.05, 0.1) is 17.9 Å². The summed E-state index contributed by atoms with van der Waals surface area (Å²) in [7, 11) is 0. The van der Waals surface area contributed by atoms with E-state index in [-0.39, 0.29) is 12.6 Å². The third-order valence-electron chi connectivity index (χ3n) is 4.11. The lowest BCUT2D eigenvalue weighted by atomic mass is 9.96. The van der Waals surface area contributed by atoms with Gasteiger partial charge in [0.25, 0.3) is 0 Å². The van der Waals surface area contributed by atoms with Gasteiger partial charge >= 0.3 is 18.2 Å². The second-order valence-corrected chi connectivity index (χ2v) is 6.43. The fourth-order valence-electron chi connectivity index (χ4n) is 2.85. The lowest BCUT2D eigenvalue weighted by Gasteiger charge is -2.19. The molecule has 1 aliphatic rings. The van der Waals surface area contributed by atoms with Gasteiger partial charge < -0.3 is 20.1 Å². The van der Waals surface area contributed by atoms with Crippen molar-refractivity contribution in [2.24, 2.45) is 11.8 Å². The van der Waals surface area contributed by atoms with Gasteiger partial charge in [-0.3, -0.25) is 4.79 Å². The van der Waals surface area contributed by atoms with Crippen LogP contribution in [-0.2, 0) is 11.3 Å². The first-order valence-corrected chi connectivity index (χ1v) is 8.16. The van der Waals surface area contributed by atoms with E-state index in [2.05, 4.69) is 5.32 Å². The molecule has 1 aromatic carbocycles. The summed E-state index contributed by atoms with van der Waals surface area (Å²) in [6, 6.07) is 6.26. The van der Waals surface area contributed by atoms with Crippen LogP contribution < -0.4 is 10.1 Å². The predicted octanol–water partition coefficient (Wildman–Crippen LogP) is 2.88. The molecule has 0 unspecified atom stereocenters. The molecule has 2 amide bonds. The standard InChI is InChI=1S/C17H21F3N2O4/c1-10(2)26-14-6-4-3-5-11(14)7-21-16(25)22-8-12(15(23)24)13(9-22)17(18,19)20/h3-6,10,12-13H,7-9H2,1-2H3,(H,21,25)(H,23,24)/t12-,13-/m1/s1. The van der Waals surface area contributed by atoms with E-state index in [1.165, 1.54) is 0 Å². The third-order valence-corrected chi connectivity index (χ3v) is 4.11. The molecule has 0 aliphatic carbocycles. The van der Waals surface area contributed by atoms with Crippen LogP contribution in [0.25, 0.3) is 0 Å². The normalized spacial score (nSPS) is 20.3. The highest BCUT2D eigenvalue weighted by atomic mass is 19.4. The number of carbonyl (C=O) groups is 2. The van der Waals surface area contributed by atoms with Crippen LogP contribution in [0.1, 0.15) is 19.4 Å². The van der Waals surface area contributed by atoms with Crippen molar-refractivity contribution in [3.05, 3.63) is 29.8 Å². The first-order chi connectivity index (χ1) is 12.1. The number of hydrogen-bond acceptors (Lipinski definition) is 3. The van der Waals surface area contributed by atoms with Crippen molar-refractivity contribution in [3.63, 3.8) is 0 Å². The van der Waals surface area contributed by atoms with Crippen molar-refractivity contribution >= 4 is 12.0 Å². The number of amides is 2. The average Bonchev–Trinajstić information content (AvgIpc) is 2.99. The molecule has 1 saturated heterocycles. The minimum atomic E-state index is -4.67. The molecular weight excluding hydrogens is 353 g/mol. The van der Waals surface area contributed by atoms with Crippen molar-refractivity contribution in [2.45, 2.75) is 32.7 Å². The molecule has 9 heteroatoms. The van der Waals surface area contributed by atoms with E-state index < -0.39 is 43.1 Å². The molecule has 26 heavy (non-hydrogen) atoms. The topological polar surface area (TPSA) is 78.9 Å². The van der Waals surface area contributed by atoms with Crippen LogP contribution >= 0.6 is 0 Å². The molecule has 2 atom stereocenters. The summed E-state index contributed by atoms with van der Waals surface area (Å²) in [5, 5.41) is 11.5. The Labute approximate surface area is 148 Å². The van der Waals surface area contributed by atoms with E-state index in [1.54, 1.807) is 24.3 Å². The zero-order valence-electron chi connectivity index (χ0n) is 14.4. The molecule has 0 aromatic heterocycles. The largest absolute Gasteiger partial charge is 0.491 e. The zero-order chi connectivity index (χ0) is 19.5. The van der Waals surface area contributed by atoms with E-state index in [0.29, 0.717) is 11.3 Å². The summed E-state index contributed by atoms with van der Waals surface area (Å²) in [6.07, 6.45) is -4.75. The number of urea groups is 1. The molecule has 0 bridgehead atoms. The fraction of sp³-hybridized carbons (Fsp3) is 0.529. The molecule has 1 aliphatic heterocycles. The lowest BCUT2D eigenvalue weighted by Crippen LogP contribution is -2.39. The van der Waals surface area contributed by atoms with Gasteiger partial charge in [-0.1, -0.05) is 18.2 Å². The molecule has 0 radical (unpaired) electrons. The number of carboxylic acids is 1. The second-order valence-electron chi connectivity index (χ2n) is 6.43. The fourth-order valence-corrected chi connectivity index (χ4v) is 2.85. The Bertz CT molecular complexity index is 664. The number of ether oxygens (including phenoxy) is 1. The minimum absolute atomic E-state index is 0.0622. The highest BCUT2D eigenvalue weighted by Gasteiger charge is 2.53. The smallest absolute Gasteiger partial charge is 0.394 e. The van der Waals surface area contributed by atoms with Gasteiger partial charge in [-0.25, -0.2) is 4.79 Å². The van der Waals surface area contributed by atoms with Crippen molar-refractivity contribution in [1.29, 1.82) is 0 Å². The number of aliphatic carboxylic acids is 1. The van der Waals surface area contributed by atoms with Gasteiger partial charge in [0, 0.05) is 25.2 Å². The lowest BCUT2D eigenvalue weighted by molar-refractivity contribution is -0.187. The van der Waals surface area contributed by atoms with Gasteiger partial charge in [0.2, 0.25) is 0 Å². The first kappa shape index (κ1) is 19.9. The molecule has 1 heterocycles. The van der Waals surface area contributed by atoms with E-state index >= 15 is 0 Å². The van der Waals surface area contributed by atoms with E-state index in [0.717, 1.165) is 4.90 Å². The summed E-state index contributed by atoms with van der Waals surface area (Å²) >= 11 is 0. The quantitative estimate of drug-likeness (QED) is 0.831. The molecule has 0 saturated carbocycles. The monoisotopic (exact) mass is 374 g/mol. The van der Waals surface area contributed by atoms with Crippen LogP contribution in [0.2, 0.25) is 0 Å². The summed E-state index contributed by atoms with van der Waals surface area (Å²) in [5.41, 5.74) is 0.677. The summed E-state index contributed by atoms with van der Waals surface area (Å²) in [5.74, 6) is -4.71. The maximum Gasteiger partial charge on any atom is 0.394 e. The van der Waals surface area contributed by atoms with Crippen LogP contribution in [0.5, 0.6) is 5.75 Å². The first-order valence-electron chi connectivity index (χ1n) is 8.16. The highest BCUT2D eigenvalue weighted by Crippen LogP contribution is 2.37. The summed E-state index contributed by atoms with van der Waals surface area (Å²) in [6.45, 7) is 2.62. The van der Waals surface area contributed by atoms with Crippen LogP contribution in [0, 0.1) is 11.8 Å². The number of para-hydroxylation sites is 1. The van der Waals surface area contributed by atoms with E-state index in [4.69, 9.17) is 9.84 Å². The summed E-state index contributed by atoms with van der Waals surface area (Å²) in [4.78, 5) is 24.2. The number of carboxylic acid groups (broad SMARTS) is 1. The Morgan fingerprint density at radius 1 is 1.31 bits per heavy atom. The number of halogens is 3. The van der Waals surface area contributed by atoms with E-state index in [9.17, 15) is 22.8 Å². The number of nitrogens with zero attached hydrogens (tertiary/aromatic N) is 1. The van der Waals surface area contributed by atoms with Gasteiger partial charge in [-0.2, -0.15) is 13.2 Å². The molecule has 6 nitrogen and oxygen atoms in total. The van der Waals surface area contributed by atoms with Gasteiger partial charge in [0.1, 0.15) is 5.75 Å². The Morgan fingerprint density at radius 2 is 1.96 bits per heavy atom. The maximum atomic E-state index is 13.0. The molecule has 0 spiro atoms. The number of hydrogen-bond donors (Lipinski definition) is 2. The molecule has 1 aromatic rings. The second kappa shape index (κ2) is 7.84. The predicted molar refractivity (Wildman–Crippen MR) is 86.7 cm³/mol. The maximum absolute atomic E-state index is 13.0. The zero-order valence-corrected chi connectivity index (χ0v) is 14.4. The van der Waals surface area contributed by atoms with Crippen LogP contribution in [0.4, 0.5) is 18.0 Å². The summed E-state index contributed by atoms with van der Waals surface area (Å²) < 4.78 is 44.6. The number of nitrogens with one attached hydrogen (secondary N) is 1. The van der Waals surface area contributed by atoms with Crippen LogP contribution in [-0.4, -0.2) is 47.4 Å². The van der Waals surface area contributed by atoms with Crippen molar-refractivity contribution in [3.8, 4) is 5.75 Å². The van der Waals surface area contributed by atoms with Crippen LogP contribution in [0.15, 0.2) is 24.3 Å². The number of rotatable bonds is 5. The van der Waals surface area contributed by atoms with Crippen molar-refractivity contribution < 1.29 is 32.6 Å².